The van der Waals surface area contributed by atoms with Crippen LogP contribution in [0.25, 0.3) is 0 Å². The van der Waals surface area contributed by atoms with Gasteiger partial charge < -0.3 is 5.32 Å². The Hall–Kier alpha value is -1.28. The molecule has 0 amide bonds. The number of Topliss-reactive ketones (excluding diaryl/α,β-unsaturated/α-hetero) is 1. The first-order valence-corrected chi connectivity index (χ1v) is 6.30. The monoisotopic (exact) mass is 249 g/mol. The molecule has 2 nitrogen and oxygen atoms in total. The molecule has 17 heavy (non-hydrogen) atoms. The van der Waals surface area contributed by atoms with Crippen LogP contribution in [-0.4, -0.2) is 5.78 Å². The number of rotatable bonds is 2. The van der Waals surface area contributed by atoms with E-state index < -0.39 is 0 Å². The van der Waals surface area contributed by atoms with Crippen molar-refractivity contribution in [2.75, 3.05) is 5.32 Å². The highest BCUT2D eigenvalue weighted by molar-refractivity contribution is 6.30. The number of carbonyl (C=O) groups is 1. The van der Waals surface area contributed by atoms with Crippen LogP contribution in [0.5, 0.6) is 0 Å². The Kier molecular flexibility index (Phi) is 3.85. The van der Waals surface area contributed by atoms with Gasteiger partial charge in [0.2, 0.25) is 0 Å². The molecule has 90 valence electrons. The summed E-state index contributed by atoms with van der Waals surface area (Å²) >= 11 is 5.81. The summed E-state index contributed by atoms with van der Waals surface area (Å²) in [6.45, 7) is 2.00. The van der Waals surface area contributed by atoms with Gasteiger partial charge in [-0.25, -0.2) is 0 Å². The first kappa shape index (κ1) is 12.2. The van der Waals surface area contributed by atoms with Crippen molar-refractivity contribution in [2.45, 2.75) is 26.2 Å². The van der Waals surface area contributed by atoms with Gasteiger partial charge in [0.15, 0.2) is 5.78 Å². The van der Waals surface area contributed by atoms with E-state index in [2.05, 4.69) is 5.32 Å². The van der Waals surface area contributed by atoms with Gasteiger partial charge in [-0.1, -0.05) is 18.5 Å². The molecule has 0 aromatic heterocycles. The van der Waals surface area contributed by atoms with Gasteiger partial charge in [-0.05, 0) is 43.5 Å². The molecule has 1 aromatic carbocycles. The van der Waals surface area contributed by atoms with Crippen LogP contribution in [0.15, 0.2) is 36.0 Å². The number of halogens is 1. The topological polar surface area (TPSA) is 29.1 Å². The minimum absolute atomic E-state index is 0.169. The SMILES string of the molecule is C[C@H]1CCC/C(=C/Nc2ccc(Cl)cc2)C1=O. The lowest BCUT2D eigenvalue weighted by Crippen LogP contribution is -2.19. The average Bonchev–Trinajstić information content (AvgIpc) is 2.33. The van der Waals surface area contributed by atoms with Crippen LogP contribution in [-0.2, 0) is 4.79 Å². The highest BCUT2D eigenvalue weighted by Gasteiger charge is 2.22. The number of hydrogen-bond donors (Lipinski definition) is 1. The van der Waals surface area contributed by atoms with E-state index in [0.29, 0.717) is 5.02 Å². The van der Waals surface area contributed by atoms with Crippen molar-refractivity contribution in [3.8, 4) is 0 Å². The van der Waals surface area contributed by atoms with Crippen LogP contribution in [0.3, 0.4) is 0 Å². The molecule has 0 heterocycles. The smallest absolute Gasteiger partial charge is 0.163 e. The van der Waals surface area contributed by atoms with Gasteiger partial charge >= 0.3 is 0 Å². The number of anilines is 1. The zero-order chi connectivity index (χ0) is 12.3. The Labute approximate surface area is 107 Å². The van der Waals surface area contributed by atoms with Gasteiger partial charge in [0.1, 0.15) is 0 Å². The second-order valence-corrected chi connectivity index (χ2v) is 4.91. The lowest BCUT2D eigenvalue weighted by molar-refractivity contribution is -0.119. The standard InChI is InChI=1S/C14H16ClNO/c1-10-3-2-4-11(14(10)17)9-16-13-7-5-12(15)6-8-13/h5-10,16H,2-4H2,1H3/b11-9-/t10-/m0/s1. The maximum absolute atomic E-state index is 11.9. The molecule has 1 aliphatic rings. The molecule has 0 saturated heterocycles. The van der Waals surface area contributed by atoms with Crippen molar-refractivity contribution in [1.82, 2.24) is 0 Å². The van der Waals surface area contributed by atoms with Gasteiger partial charge in [-0.2, -0.15) is 0 Å². The van der Waals surface area contributed by atoms with Gasteiger partial charge in [0, 0.05) is 28.4 Å². The highest BCUT2D eigenvalue weighted by atomic mass is 35.5. The molecule has 0 aliphatic heterocycles. The minimum atomic E-state index is 0.169. The summed E-state index contributed by atoms with van der Waals surface area (Å²) in [6.07, 6.45) is 4.82. The molecule has 1 saturated carbocycles. The van der Waals surface area contributed by atoms with Crippen LogP contribution in [0.1, 0.15) is 26.2 Å². The summed E-state index contributed by atoms with van der Waals surface area (Å²) < 4.78 is 0. The predicted octanol–water partition coefficient (Wildman–Crippen LogP) is 4.02. The maximum atomic E-state index is 11.9. The summed E-state index contributed by atoms with van der Waals surface area (Å²) in [4.78, 5) is 11.9. The summed E-state index contributed by atoms with van der Waals surface area (Å²) in [7, 11) is 0. The number of ketones is 1. The number of nitrogens with one attached hydrogen (secondary N) is 1. The average molecular weight is 250 g/mol. The van der Waals surface area contributed by atoms with E-state index in [1.54, 1.807) is 0 Å². The molecule has 1 N–H and O–H groups in total. The van der Waals surface area contributed by atoms with E-state index in [9.17, 15) is 4.79 Å². The Morgan fingerprint density at radius 2 is 2.06 bits per heavy atom. The van der Waals surface area contributed by atoms with Crippen LogP contribution < -0.4 is 5.32 Å². The van der Waals surface area contributed by atoms with Crippen molar-refractivity contribution >= 4 is 23.1 Å². The fraction of sp³-hybridized carbons (Fsp3) is 0.357. The second-order valence-electron chi connectivity index (χ2n) is 4.48. The summed E-state index contributed by atoms with van der Waals surface area (Å²) in [5.41, 5.74) is 1.85. The molecule has 0 radical (unpaired) electrons. The van der Waals surface area contributed by atoms with Gasteiger partial charge in [0.25, 0.3) is 0 Å². The summed E-state index contributed by atoms with van der Waals surface area (Å²) in [5, 5.41) is 3.86. The van der Waals surface area contributed by atoms with Crippen LogP contribution in [0.2, 0.25) is 5.02 Å². The Morgan fingerprint density at radius 1 is 1.35 bits per heavy atom. The minimum Gasteiger partial charge on any atom is -0.361 e. The molecule has 3 heteroatoms. The lowest BCUT2D eigenvalue weighted by Gasteiger charge is -2.19. The molecular weight excluding hydrogens is 234 g/mol. The van der Waals surface area contributed by atoms with E-state index in [1.165, 1.54) is 0 Å². The van der Waals surface area contributed by atoms with E-state index in [0.717, 1.165) is 30.5 Å². The van der Waals surface area contributed by atoms with E-state index in [4.69, 9.17) is 11.6 Å². The largest absolute Gasteiger partial charge is 0.361 e. The zero-order valence-electron chi connectivity index (χ0n) is 9.87. The van der Waals surface area contributed by atoms with Crippen molar-refractivity contribution in [1.29, 1.82) is 0 Å². The van der Waals surface area contributed by atoms with E-state index in [1.807, 2.05) is 37.4 Å². The predicted molar refractivity (Wildman–Crippen MR) is 71.2 cm³/mol. The molecular formula is C14H16ClNO. The van der Waals surface area contributed by atoms with Gasteiger partial charge in [-0.15, -0.1) is 0 Å². The third-order valence-corrected chi connectivity index (χ3v) is 3.36. The van der Waals surface area contributed by atoms with Crippen LogP contribution in [0.4, 0.5) is 5.69 Å². The second kappa shape index (κ2) is 5.37. The fourth-order valence-electron chi connectivity index (χ4n) is 2.03. The molecule has 1 aliphatic carbocycles. The molecule has 1 fully saturated rings. The Morgan fingerprint density at radius 3 is 2.76 bits per heavy atom. The highest BCUT2D eigenvalue weighted by Crippen LogP contribution is 2.25. The molecule has 1 atom stereocenters. The van der Waals surface area contributed by atoms with Crippen molar-refractivity contribution in [2.24, 2.45) is 5.92 Å². The molecule has 0 unspecified atom stereocenters. The molecule has 1 aromatic rings. The van der Waals surface area contributed by atoms with Crippen molar-refractivity contribution < 1.29 is 4.79 Å². The zero-order valence-corrected chi connectivity index (χ0v) is 10.6. The van der Waals surface area contributed by atoms with Gasteiger partial charge in [-0.3, -0.25) is 4.79 Å². The number of benzene rings is 1. The molecule has 0 bridgehead atoms. The van der Waals surface area contributed by atoms with Crippen molar-refractivity contribution in [3.63, 3.8) is 0 Å². The first-order valence-electron chi connectivity index (χ1n) is 5.92. The van der Waals surface area contributed by atoms with E-state index in [-0.39, 0.29) is 11.7 Å². The lowest BCUT2D eigenvalue weighted by atomic mass is 9.86. The third-order valence-electron chi connectivity index (χ3n) is 3.10. The fourth-order valence-corrected chi connectivity index (χ4v) is 2.16. The van der Waals surface area contributed by atoms with E-state index >= 15 is 0 Å². The third kappa shape index (κ3) is 3.10. The molecule has 0 spiro atoms. The van der Waals surface area contributed by atoms with Crippen LogP contribution in [0, 0.1) is 5.92 Å². The Bertz CT molecular complexity index is 436. The Balaban J connectivity index is 2.04. The van der Waals surface area contributed by atoms with Crippen LogP contribution >= 0.6 is 11.6 Å². The number of carbonyl (C=O) groups excluding carboxylic acids is 1. The number of allylic oxidation sites excluding steroid dienone is 1. The summed E-state index contributed by atoms with van der Waals surface area (Å²) in [5.74, 6) is 0.444. The molecule has 2 rings (SSSR count). The van der Waals surface area contributed by atoms with Gasteiger partial charge in [0.05, 0.1) is 0 Å². The first-order chi connectivity index (χ1) is 8.16. The summed E-state index contributed by atoms with van der Waals surface area (Å²) in [6, 6.07) is 7.45. The quantitative estimate of drug-likeness (QED) is 0.802. The maximum Gasteiger partial charge on any atom is 0.163 e. The normalized spacial score (nSPS) is 22.8. The number of hydrogen-bond acceptors (Lipinski definition) is 2. The van der Waals surface area contributed by atoms with Crippen molar-refractivity contribution in [3.05, 3.63) is 41.1 Å².